The lowest BCUT2D eigenvalue weighted by molar-refractivity contribution is 0.0748. The molecule has 0 N–H and O–H groups in total. The normalized spacial score (nSPS) is 17.1. The van der Waals surface area contributed by atoms with Crippen molar-refractivity contribution in [3.8, 4) is 0 Å². The number of pyridine rings is 1. The number of halogens is 3. The Morgan fingerprint density at radius 1 is 1.24 bits per heavy atom. The van der Waals surface area contributed by atoms with Crippen LogP contribution in [0.2, 0.25) is 0 Å². The molecule has 0 fully saturated rings. The lowest BCUT2D eigenvalue weighted by Gasteiger charge is -2.32. The van der Waals surface area contributed by atoms with Crippen molar-refractivity contribution in [2.75, 3.05) is 13.1 Å². The van der Waals surface area contributed by atoms with Crippen molar-refractivity contribution < 1.29 is 18.0 Å². The number of carbonyl (C=O) groups is 1. The zero-order valence-corrected chi connectivity index (χ0v) is 15.7. The maximum Gasteiger partial charge on any atom is 0.280 e. The molecule has 0 saturated heterocycles. The van der Waals surface area contributed by atoms with Gasteiger partial charge in [-0.05, 0) is 32.0 Å². The quantitative estimate of drug-likeness (QED) is 0.630. The van der Waals surface area contributed by atoms with E-state index in [2.05, 4.69) is 20.1 Å². The third-order valence-corrected chi connectivity index (χ3v) is 4.94. The van der Waals surface area contributed by atoms with Crippen molar-refractivity contribution in [3.63, 3.8) is 0 Å². The molecule has 1 atom stereocenters. The zero-order chi connectivity index (χ0) is 20.7. The SMILES string of the molecule is CC1=CCN(C(=O)c2nc(C)ccc2F)C[C@@H]1c1cc(C(F)F)nc2ncnn12. The van der Waals surface area contributed by atoms with Gasteiger partial charge in [-0.15, -0.1) is 0 Å². The molecule has 1 amide bonds. The van der Waals surface area contributed by atoms with Crippen LogP contribution in [0.1, 0.15) is 46.8 Å². The number of carbonyl (C=O) groups excluding carboxylic acids is 1. The van der Waals surface area contributed by atoms with Gasteiger partial charge in [-0.2, -0.15) is 10.1 Å². The summed E-state index contributed by atoms with van der Waals surface area (Å²) in [6, 6.07) is 3.96. The molecule has 4 heterocycles. The monoisotopic (exact) mass is 402 g/mol. The number of alkyl halides is 2. The summed E-state index contributed by atoms with van der Waals surface area (Å²) in [6.07, 6.45) is 0.273. The molecule has 1 aliphatic rings. The molecule has 0 unspecified atom stereocenters. The highest BCUT2D eigenvalue weighted by molar-refractivity contribution is 5.93. The number of fused-ring (bicyclic) bond motifs is 1. The van der Waals surface area contributed by atoms with Gasteiger partial charge >= 0.3 is 0 Å². The predicted octanol–water partition coefficient (Wildman–Crippen LogP) is 3.09. The Kier molecular flexibility index (Phi) is 4.77. The van der Waals surface area contributed by atoms with Crippen molar-refractivity contribution >= 4 is 11.7 Å². The van der Waals surface area contributed by atoms with E-state index in [1.165, 1.54) is 33.9 Å². The summed E-state index contributed by atoms with van der Waals surface area (Å²) >= 11 is 0. The Balaban J connectivity index is 1.73. The van der Waals surface area contributed by atoms with Gasteiger partial charge in [0.2, 0.25) is 0 Å². The molecule has 7 nitrogen and oxygen atoms in total. The highest BCUT2D eigenvalue weighted by Crippen LogP contribution is 2.31. The van der Waals surface area contributed by atoms with Crippen LogP contribution in [0, 0.1) is 12.7 Å². The number of amides is 1. The highest BCUT2D eigenvalue weighted by Gasteiger charge is 2.30. The van der Waals surface area contributed by atoms with Crippen LogP contribution in [0.3, 0.4) is 0 Å². The van der Waals surface area contributed by atoms with Gasteiger partial charge in [0.25, 0.3) is 18.1 Å². The van der Waals surface area contributed by atoms with Gasteiger partial charge in [-0.1, -0.05) is 11.6 Å². The number of aryl methyl sites for hydroxylation is 1. The molecule has 0 aliphatic carbocycles. The van der Waals surface area contributed by atoms with Gasteiger partial charge in [0.15, 0.2) is 11.5 Å². The Bertz CT molecular complexity index is 1130. The third kappa shape index (κ3) is 3.45. The summed E-state index contributed by atoms with van der Waals surface area (Å²) in [5, 5.41) is 4.08. The van der Waals surface area contributed by atoms with Crippen LogP contribution in [-0.2, 0) is 0 Å². The van der Waals surface area contributed by atoms with Crippen LogP contribution in [0.25, 0.3) is 5.78 Å². The summed E-state index contributed by atoms with van der Waals surface area (Å²) in [5.41, 5.74) is 1.17. The van der Waals surface area contributed by atoms with Crippen molar-refractivity contribution in [1.82, 2.24) is 29.5 Å². The first-order valence-electron chi connectivity index (χ1n) is 8.93. The van der Waals surface area contributed by atoms with Gasteiger partial charge in [-0.25, -0.2) is 27.7 Å². The summed E-state index contributed by atoms with van der Waals surface area (Å²) in [7, 11) is 0. The Morgan fingerprint density at radius 3 is 2.79 bits per heavy atom. The summed E-state index contributed by atoms with van der Waals surface area (Å²) < 4.78 is 42.1. The van der Waals surface area contributed by atoms with Crippen LogP contribution in [0.15, 0.2) is 36.2 Å². The second-order valence-electron chi connectivity index (χ2n) is 6.87. The highest BCUT2D eigenvalue weighted by atomic mass is 19.3. The van der Waals surface area contributed by atoms with Gasteiger partial charge in [0.1, 0.15) is 12.0 Å². The Labute approximate surface area is 163 Å². The molecule has 0 radical (unpaired) electrons. The number of aromatic nitrogens is 5. The number of nitrogens with zero attached hydrogens (tertiary/aromatic N) is 6. The van der Waals surface area contributed by atoms with E-state index >= 15 is 0 Å². The van der Waals surface area contributed by atoms with Crippen LogP contribution in [0.4, 0.5) is 13.2 Å². The van der Waals surface area contributed by atoms with E-state index in [1.807, 2.05) is 13.0 Å². The largest absolute Gasteiger partial charge is 0.332 e. The minimum absolute atomic E-state index is 0.0560. The number of hydrogen-bond acceptors (Lipinski definition) is 5. The van der Waals surface area contributed by atoms with E-state index in [1.54, 1.807) is 6.92 Å². The Morgan fingerprint density at radius 2 is 2.03 bits per heavy atom. The van der Waals surface area contributed by atoms with Crippen molar-refractivity contribution in [2.45, 2.75) is 26.2 Å². The average Bonchev–Trinajstić information content (AvgIpc) is 3.18. The average molecular weight is 402 g/mol. The fourth-order valence-electron chi connectivity index (χ4n) is 3.38. The van der Waals surface area contributed by atoms with Gasteiger partial charge in [0, 0.05) is 24.7 Å². The summed E-state index contributed by atoms with van der Waals surface area (Å²) in [5.74, 6) is -1.63. The molecular weight excluding hydrogens is 385 g/mol. The first-order chi connectivity index (χ1) is 13.8. The molecule has 150 valence electrons. The van der Waals surface area contributed by atoms with E-state index in [0.717, 1.165) is 5.57 Å². The maximum atomic E-state index is 14.1. The van der Waals surface area contributed by atoms with Crippen LogP contribution >= 0.6 is 0 Å². The van der Waals surface area contributed by atoms with Gasteiger partial charge in [0.05, 0.1) is 5.69 Å². The van der Waals surface area contributed by atoms with E-state index in [-0.39, 0.29) is 24.6 Å². The van der Waals surface area contributed by atoms with E-state index < -0.39 is 29.8 Å². The van der Waals surface area contributed by atoms with E-state index in [9.17, 15) is 18.0 Å². The predicted molar refractivity (Wildman–Crippen MR) is 97.1 cm³/mol. The third-order valence-electron chi connectivity index (χ3n) is 4.94. The molecule has 0 bridgehead atoms. The molecule has 0 saturated carbocycles. The molecule has 10 heteroatoms. The fraction of sp³-hybridized carbons (Fsp3) is 0.316. The molecule has 3 aromatic heterocycles. The standard InChI is InChI=1S/C19H17F3N6O/c1-10-5-6-27(18(29)16-13(20)4-3-11(2)25-16)8-12(10)15-7-14(17(21)22)26-19-23-9-24-28(15)19/h3-5,7,9,12,17H,6,8H2,1-2H3/t12-/m0/s1. The fourth-order valence-corrected chi connectivity index (χ4v) is 3.38. The molecule has 3 aromatic rings. The first kappa shape index (κ1) is 19.0. The lowest BCUT2D eigenvalue weighted by Crippen LogP contribution is -2.39. The van der Waals surface area contributed by atoms with Crippen molar-refractivity contribution in [1.29, 1.82) is 0 Å². The topological polar surface area (TPSA) is 76.3 Å². The summed E-state index contributed by atoms with van der Waals surface area (Å²) in [6.45, 7) is 3.95. The smallest absolute Gasteiger partial charge is 0.280 e. The van der Waals surface area contributed by atoms with Gasteiger partial charge < -0.3 is 4.90 Å². The van der Waals surface area contributed by atoms with Crippen LogP contribution in [-0.4, -0.2) is 48.5 Å². The van der Waals surface area contributed by atoms with Crippen molar-refractivity contribution in [3.05, 3.63) is 64.8 Å². The van der Waals surface area contributed by atoms with Gasteiger partial charge in [-0.3, -0.25) is 4.79 Å². The minimum atomic E-state index is -2.77. The van der Waals surface area contributed by atoms with E-state index in [0.29, 0.717) is 11.4 Å². The number of rotatable bonds is 3. The molecule has 4 rings (SSSR count). The molecule has 0 aromatic carbocycles. The Hall–Kier alpha value is -3.30. The molecule has 1 aliphatic heterocycles. The molecule has 29 heavy (non-hydrogen) atoms. The van der Waals surface area contributed by atoms with E-state index in [4.69, 9.17) is 0 Å². The lowest BCUT2D eigenvalue weighted by atomic mass is 9.92. The number of hydrogen-bond donors (Lipinski definition) is 0. The van der Waals surface area contributed by atoms with Crippen molar-refractivity contribution in [2.24, 2.45) is 0 Å². The maximum absolute atomic E-state index is 14.1. The summed E-state index contributed by atoms with van der Waals surface area (Å²) in [4.78, 5) is 26.1. The first-order valence-corrected chi connectivity index (χ1v) is 8.93. The molecular formula is C19H17F3N6O. The minimum Gasteiger partial charge on any atom is -0.332 e. The zero-order valence-electron chi connectivity index (χ0n) is 15.7. The second kappa shape index (κ2) is 7.26. The second-order valence-corrected chi connectivity index (χ2v) is 6.87. The van der Waals surface area contributed by atoms with Crippen LogP contribution in [0.5, 0.6) is 0 Å². The van der Waals surface area contributed by atoms with Crippen LogP contribution < -0.4 is 0 Å². The molecule has 0 spiro atoms.